The fourth-order valence-electron chi connectivity index (χ4n) is 2.36. The van der Waals surface area contributed by atoms with Gasteiger partial charge in [-0.05, 0) is 24.8 Å². The zero-order valence-electron chi connectivity index (χ0n) is 11.2. The lowest BCUT2D eigenvalue weighted by Gasteiger charge is -2.22. The number of hydrogen-bond acceptors (Lipinski definition) is 3. The van der Waals surface area contributed by atoms with Gasteiger partial charge in [-0.3, -0.25) is 19.3 Å². The second-order valence-electron chi connectivity index (χ2n) is 4.84. The third-order valence-corrected chi connectivity index (χ3v) is 3.42. The first-order valence-electron chi connectivity index (χ1n) is 6.73. The molecule has 3 amide bonds. The molecule has 1 heterocycles. The number of likely N-dealkylation sites (tertiary alicyclic amines) is 1. The molecule has 0 saturated carbocycles. The molecule has 0 bridgehead atoms. The molecular weight excluding hydrogens is 256 g/mol. The van der Waals surface area contributed by atoms with Gasteiger partial charge in [0.15, 0.2) is 0 Å². The lowest BCUT2D eigenvalue weighted by atomic mass is 10.1. The van der Waals surface area contributed by atoms with Gasteiger partial charge in [0.1, 0.15) is 6.04 Å². The van der Waals surface area contributed by atoms with E-state index in [1.165, 1.54) is 4.90 Å². The lowest BCUT2D eigenvalue weighted by molar-refractivity contribution is -0.145. The molecule has 0 spiro atoms. The minimum atomic E-state index is -0.630. The largest absolute Gasteiger partial charge is 0.336 e. The number of amides is 3. The number of nitrogens with zero attached hydrogens (tertiary/aromatic N) is 1. The van der Waals surface area contributed by atoms with E-state index >= 15 is 0 Å². The van der Waals surface area contributed by atoms with Crippen LogP contribution < -0.4 is 5.32 Å². The van der Waals surface area contributed by atoms with Gasteiger partial charge in [0.2, 0.25) is 5.91 Å². The Balaban J connectivity index is 2.07. The zero-order chi connectivity index (χ0) is 14.4. The molecule has 1 radical (unpaired) electrons. The molecule has 105 valence electrons. The molecule has 1 aliphatic rings. The van der Waals surface area contributed by atoms with Crippen LogP contribution in [-0.2, 0) is 20.8 Å². The normalized spacial score (nSPS) is 19.3. The summed E-state index contributed by atoms with van der Waals surface area (Å²) in [5.41, 5.74) is 0.876. The molecule has 20 heavy (non-hydrogen) atoms. The first-order chi connectivity index (χ1) is 9.72. The van der Waals surface area contributed by atoms with Gasteiger partial charge in [0, 0.05) is 6.54 Å². The highest BCUT2D eigenvalue weighted by molar-refractivity contribution is 5.99. The van der Waals surface area contributed by atoms with Gasteiger partial charge < -0.3 is 5.32 Å². The van der Waals surface area contributed by atoms with E-state index in [1.54, 1.807) is 6.41 Å². The molecular formula is C15H17N2O3. The summed E-state index contributed by atoms with van der Waals surface area (Å²) >= 11 is 0. The highest BCUT2D eigenvalue weighted by Crippen LogP contribution is 2.14. The molecule has 1 aromatic rings. The SMILES string of the molecule is O=[C]N[C@H]1CCCCN(C(=O)Cc2ccccc2)C1=O. The summed E-state index contributed by atoms with van der Waals surface area (Å²) in [5.74, 6) is -0.549. The number of carbonyl (C=O) groups excluding carboxylic acids is 3. The maximum absolute atomic E-state index is 12.3. The lowest BCUT2D eigenvalue weighted by Crippen LogP contribution is -2.47. The topological polar surface area (TPSA) is 66.5 Å². The fraction of sp³-hybridized carbons (Fsp3) is 0.400. The van der Waals surface area contributed by atoms with Crippen LogP contribution in [0.3, 0.4) is 0 Å². The molecule has 1 N–H and O–H groups in total. The Hall–Kier alpha value is -2.17. The number of carbonyl (C=O) groups is 2. The predicted molar refractivity (Wildman–Crippen MR) is 73.3 cm³/mol. The Kier molecular flexibility index (Phi) is 4.87. The smallest absolute Gasteiger partial charge is 0.309 e. The fourth-order valence-corrected chi connectivity index (χ4v) is 2.36. The van der Waals surface area contributed by atoms with Crippen LogP contribution in [0, 0.1) is 0 Å². The van der Waals surface area contributed by atoms with Crippen molar-refractivity contribution in [1.82, 2.24) is 10.2 Å². The van der Waals surface area contributed by atoms with Gasteiger partial charge in [-0.25, -0.2) is 0 Å². The maximum atomic E-state index is 12.3. The third kappa shape index (κ3) is 3.44. The van der Waals surface area contributed by atoms with E-state index in [2.05, 4.69) is 5.32 Å². The summed E-state index contributed by atoms with van der Waals surface area (Å²) in [6, 6.07) is 8.68. The van der Waals surface area contributed by atoms with Gasteiger partial charge >= 0.3 is 6.41 Å². The van der Waals surface area contributed by atoms with E-state index in [1.807, 2.05) is 30.3 Å². The van der Waals surface area contributed by atoms with Crippen molar-refractivity contribution >= 4 is 18.2 Å². The van der Waals surface area contributed by atoms with E-state index in [-0.39, 0.29) is 18.2 Å². The number of hydrogen-bond donors (Lipinski definition) is 1. The molecule has 1 aliphatic heterocycles. The van der Waals surface area contributed by atoms with Gasteiger partial charge in [-0.15, -0.1) is 0 Å². The molecule has 5 heteroatoms. The summed E-state index contributed by atoms with van der Waals surface area (Å²) in [6.45, 7) is 0.418. The minimum absolute atomic E-state index is 0.199. The van der Waals surface area contributed by atoms with Gasteiger partial charge in [0.05, 0.1) is 6.42 Å². The average Bonchev–Trinajstić information content (AvgIpc) is 2.63. The Morgan fingerprint density at radius 3 is 2.75 bits per heavy atom. The molecule has 1 aromatic carbocycles. The Morgan fingerprint density at radius 1 is 1.30 bits per heavy atom. The highest BCUT2D eigenvalue weighted by Gasteiger charge is 2.30. The number of imide groups is 1. The number of benzene rings is 1. The highest BCUT2D eigenvalue weighted by atomic mass is 16.2. The van der Waals surface area contributed by atoms with E-state index in [0.29, 0.717) is 13.0 Å². The van der Waals surface area contributed by atoms with Crippen LogP contribution in [0.1, 0.15) is 24.8 Å². The summed E-state index contributed by atoms with van der Waals surface area (Å²) in [4.78, 5) is 36.2. The minimum Gasteiger partial charge on any atom is -0.336 e. The zero-order valence-corrected chi connectivity index (χ0v) is 11.2. The third-order valence-electron chi connectivity index (χ3n) is 3.42. The van der Waals surface area contributed by atoms with Gasteiger partial charge in [0.25, 0.3) is 5.91 Å². The van der Waals surface area contributed by atoms with Crippen LogP contribution in [0.25, 0.3) is 0 Å². The van der Waals surface area contributed by atoms with Crippen LogP contribution in [0.15, 0.2) is 30.3 Å². The second-order valence-corrected chi connectivity index (χ2v) is 4.84. The Morgan fingerprint density at radius 2 is 2.05 bits per heavy atom. The van der Waals surface area contributed by atoms with Crippen molar-refractivity contribution in [2.24, 2.45) is 0 Å². The average molecular weight is 273 g/mol. The van der Waals surface area contributed by atoms with Crippen molar-refractivity contribution in [1.29, 1.82) is 0 Å². The molecule has 0 aromatic heterocycles. The quantitative estimate of drug-likeness (QED) is 0.825. The van der Waals surface area contributed by atoms with Crippen molar-refractivity contribution in [3.63, 3.8) is 0 Å². The van der Waals surface area contributed by atoms with Crippen LogP contribution in [-0.4, -0.2) is 35.7 Å². The number of nitrogens with one attached hydrogen (secondary N) is 1. The first-order valence-corrected chi connectivity index (χ1v) is 6.73. The molecule has 1 fully saturated rings. The monoisotopic (exact) mass is 273 g/mol. The molecule has 2 rings (SSSR count). The molecule has 1 atom stereocenters. The van der Waals surface area contributed by atoms with E-state index in [0.717, 1.165) is 18.4 Å². The Bertz CT molecular complexity index is 487. The van der Waals surface area contributed by atoms with Crippen LogP contribution >= 0.6 is 0 Å². The molecule has 0 unspecified atom stereocenters. The maximum Gasteiger partial charge on any atom is 0.309 e. The van der Waals surface area contributed by atoms with Crippen molar-refractivity contribution in [2.75, 3.05) is 6.54 Å². The summed E-state index contributed by atoms with van der Waals surface area (Å²) in [5, 5.41) is 2.37. The van der Waals surface area contributed by atoms with Crippen molar-refractivity contribution in [2.45, 2.75) is 31.7 Å². The van der Waals surface area contributed by atoms with Crippen LogP contribution in [0.2, 0.25) is 0 Å². The van der Waals surface area contributed by atoms with Gasteiger partial charge in [-0.2, -0.15) is 0 Å². The summed E-state index contributed by atoms with van der Waals surface area (Å²) < 4.78 is 0. The summed E-state index contributed by atoms with van der Waals surface area (Å²) in [6.07, 6.45) is 3.88. The number of rotatable bonds is 4. The molecule has 0 aliphatic carbocycles. The summed E-state index contributed by atoms with van der Waals surface area (Å²) in [7, 11) is 0. The van der Waals surface area contributed by atoms with Crippen LogP contribution in [0.4, 0.5) is 0 Å². The van der Waals surface area contributed by atoms with E-state index in [4.69, 9.17) is 0 Å². The van der Waals surface area contributed by atoms with Gasteiger partial charge in [-0.1, -0.05) is 30.3 Å². The van der Waals surface area contributed by atoms with Crippen molar-refractivity contribution in [3.05, 3.63) is 35.9 Å². The predicted octanol–water partition coefficient (Wildman–Crippen LogP) is 0.794. The standard InChI is InChI=1S/C15H17N2O3/c18-11-16-13-8-4-5-9-17(15(13)20)14(19)10-12-6-2-1-3-7-12/h1-3,6-7,13H,4-5,8-10H2,(H,16,18)/t13-/m0/s1. The second kappa shape index (κ2) is 6.84. The van der Waals surface area contributed by atoms with Crippen LogP contribution in [0.5, 0.6) is 0 Å². The van der Waals surface area contributed by atoms with Crippen molar-refractivity contribution in [3.8, 4) is 0 Å². The molecule has 1 saturated heterocycles. The molecule has 5 nitrogen and oxygen atoms in total. The van der Waals surface area contributed by atoms with E-state index in [9.17, 15) is 14.4 Å². The first kappa shape index (κ1) is 14.2. The van der Waals surface area contributed by atoms with E-state index < -0.39 is 6.04 Å². The van der Waals surface area contributed by atoms with Crippen molar-refractivity contribution < 1.29 is 14.4 Å². The Labute approximate surface area is 118 Å².